The molecule has 1 atom stereocenters. The van der Waals surface area contributed by atoms with Crippen LogP contribution in [-0.4, -0.2) is 47.9 Å². The number of nitrogens with zero attached hydrogens (tertiary/aromatic N) is 2. The van der Waals surface area contributed by atoms with Crippen molar-refractivity contribution >= 4 is 34.8 Å². The molecule has 1 aromatic carbocycles. The zero-order chi connectivity index (χ0) is 23.3. The molecule has 5 nitrogen and oxygen atoms in total. The average molecular weight is 477 g/mol. The largest absolute Gasteiger partial charge is 0.491 e. The molecule has 0 aliphatic carbocycles. The van der Waals surface area contributed by atoms with Gasteiger partial charge in [0.05, 0.1) is 12.6 Å². The first-order valence-electron chi connectivity index (χ1n) is 11.3. The van der Waals surface area contributed by atoms with Crippen LogP contribution in [0.4, 0.5) is 0 Å². The Morgan fingerprint density at radius 2 is 1.88 bits per heavy atom. The van der Waals surface area contributed by atoms with Crippen LogP contribution < -0.4 is 4.74 Å². The van der Waals surface area contributed by atoms with Crippen molar-refractivity contribution in [3.63, 3.8) is 0 Å². The summed E-state index contributed by atoms with van der Waals surface area (Å²) in [6, 6.07) is 9.17. The van der Waals surface area contributed by atoms with Crippen molar-refractivity contribution in [2.45, 2.75) is 46.6 Å². The molecule has 2 amide bonds. The highest BCUT2D eigenvalue weighted by Gasteiger charge is 2.33. The number of carbonyl (C=O) groups excluding carboxylic acids is 2. The molecule has 32 heavy (non-hydrogen) atoms. The number of fused-ring (bicyclic) bond motifs is 1. The number of halogens is 1. The van der Waals surface area contributed by atoms with Gasteiger partial charge in [0.2, 0.25) is 11.8 Å². The van der Waals surface area contributed by atoms with Crippen LogP contribution >= 0.6 is 22.9 Å². The SMILES string of the molecule is CC(C)CC(=O)N(CC(=O)N1CCc2sccc2[C@H]1COc1ccc(Cl)cc1)CC(C)C. The fourth-order valence-corrected chi connectivity index (χ4v) is 5.06. The number of ether oxygens (including phenoxy) is 1. The summed E-state index contributed by atoms with van der Waals surface area (Å²) in [5.74, 6) is 1.30. The predicted octanol–water partition coefficient (Wildman–Crippen LogP) is 5.44. The van der Waals surface area contributed by atoms with E-state index < -0.39 is 0 Å². The maximum Gasteiger partial charge on any atom is 0.242 e. The number of amides is 2. The number of hydrogen-bond acceptors (Lipinski definition) is 4. The van der Waals surface area contributed by atoms with Crippen LogP contribution in [0, 0.1) is 11.8 Å². The van der Waals surface area contributed by atoms with Gasteiger partial charge in [-0.05, 0) is 59.5 Å². The molecule has 0 radical (unpaired) electrons. The van der Waals surface area contributed by atoms with Crippen LogP contribution in [0.5, 0.6) is 5.75 Å². The van der Waals surface area contributed by atoms with E-state index in [4.69, 9.17) is 16.3 Å². The molecule has 1 aromatic heterocycles. The van der Waals surface area contributed by atoms with Crippen LogP contribution in [0.25, 0.3) is 0 Å². The van der Waals surface area contributed by atoms with Crippen molar-refractivity contribution in [3.8, 4) is 5.75 Å². The van der Waals surface area contributed by atoms with Crippen molar-refractivity contribution in [2.75, 3.05) is 26.2 Å². The van der Waals surface area contributed by atoms with E-state index >= 15 is 0 Å². The minimum Gasteiger partial charge on any atom is -0.491 e. The van der Waals surface area contributed by atoms with E-state index in [0.717, 1.165) is 17.7 Å². The van der Waals surface area contributed by atoms with Gasteiger partial charge in [0.15, 0.2) is 0 Å². The topological polar surface area (TPSA) is 49.9 Å². The maximum absolute atomic E-state index is 13.4. The average Bonchev–Trinajstić information content (AvgIpc) is 3.20. The van der Waals surface area contributed by atoms with Gasteiger partial charge in [-0.3, -0.25) is 9.59 Å². The minimum atomic E-state index is -0.172. The van der Waals surface area contributed by atoms with E-state index in [9.17, 15) is 9.59 Å². The molecule has 0 unspecified atom stereocenters. The van der Waals surface area contributed by atoms with Gasteiger partial charge in [-0.15, -0.1) is 11.3 Å². The lowest BCUT2D eigenvalue weighted by molar-refractivity contribution is -0.143. The van der Waals surface area contributed by atoms with Gasteiger partial charge < -0.3 is 14.5 Å². The van der Waals surface area contributed by atoms with Crippen LogP contribution in [0.1, 0.15) is 50.6 Å². The lowest BCUT2D eigenvalue weighted by atomic mass is 10.00. The van der Waals surface area contributed by atoms with Crippen molar-refractivity contribution in [1.82, 2.24) is 9.80 Å². The van der Waals surface area contributed by atoms with Gasteiger partial charge in [-0.1, -0.05) is 39.3 Å². The molecule has 0 spiro atoms. The van der Waals surface area contributed by atoms with Gasteiger partial charge in [0.25, 0.3) is 0 Å². The molecule has 1 aliphatic rings. The molecule has 0 N–H and O–H groups in total. The summed E-state index contributed by atoms with van der Waals surface area (Å²) in [5.41, 5.74) is 1.15. The van der Waals surface area contributed by atoms with Gasteiger partial charge >= 0.3 is 0 Å². The maximum atomic E-state index is 13.4. The summed E-state index contributed by atoms with van der Waals surface area (Å²) in [6.45, 7) is 9.89. The number of benzene rings is 1. The number of rotatable bonds is 9. The van der Waals surface area contributed by atoms with Crippen molar-refractivity contribution in [3.05, 3.63) is 51.2 Å². The van der Waals surface area contributed by atoms with Crippen LogP contribution in [0.15, 0.2) is 35.7 Å². The highest BCUT2D eigenvalue weighted by molar-refractivity contribution is 7.10. The normalized spacial score (nSPS) is 15.7. The Labute approximate surface area is 200 Å². The molecule has 3 rings (SSSR count). The molecule has 7 heteroatoms. The van der Waals surface area contributed by atoms with E-state index in [2.05, 4.69) is 25.3 Å². The zero-order valence-corrected chi connectivity index (χ0v) is 20.9. The number of thiophene rings is 1. The van der Waals surface area contributed by atoms with Crippen LogP contribution in [0.3, 0.4) is 0 Å². The molecule has 0 fully saturated rings. The Bertz CT molecular complexity index is 910. The lowest BCUT2D eigenvalue weighted by Gasteiger charge is -2.37. The summed E-state index contributed by atoms with van der Waals surface area (Å²) in [5, 5.41) is 2.73. The molecule has 2 aromatic rings. The van der Waals surface area contributed by atoms with Crippen molar-refractivity contribution < 1.29 is 14.3 Å². The summed E-state index contributed by atoms with van der Waals surface area (Å²) < 4.78 is 6.05. The Morgan fingerprint density at radius 3 is 2.53 bits per heavy atom. The monoisotopic (exact) mass is 476 g/mol. The summed E-state index contributed by atoms with van der Waals surface area (Å²) in [4.78, 5) is 31.2. The zero-order valence-electron chi connectivity index (χ0n) is 19.3. The predicted molar refractivity (Wildman–Crippen MR) is 130 cm³/mol. The van der Waals surface area contributed by atoms with Crippen LogP contribution in [-0.2, 0) is 16.0 Å². The van der Waals surface area contributed by atoms with E-state index in [1.165, 1.54) is 4.88 Å². The molecule has 2 heterocycles. The van der Waals surface area contributed by atoms with E-state index in [1.54, 1.807) is 28.4 Å². The second kappa shape index (κ2) is 11.2. The van der Waals surface area contributed by atoms with Crippen molar-refractivity contribution in [2.24, 2.45) is 11.8 Å². The Kier molecular flexibility index (Phi) is 8.60. The smallest absolute Gasteiger partial charge is 0.242 e. The molecule has 0 bridgehead atoms. The van der Waals surface area contributed by atoms with Crippen molar-refractivity contribution in [1.29, 1.82) is 0 Å². The Hall–Kier alpha value is -2.05. The van der Waals surface area contributed by atoms with Gasteiger partial charge in [-0.25, -0.2) is 0 Å². The molecular weight excluding hydrogens is 444 g/mol. The second-order valence-electron chi connectivity index (χ2n) is 9.18. The summed E-state index contributed by atoms with van der Waals surface area (Å²) in [6.07, 6.45) is 1.29. The third-order valence-electron chi connectivity index (χ3n) is 5.48. The molecule has 0 saturated carbocycles. The Balaban J connectivity index is 1.75. The first-order chi connectivity index (χ1) is 15.2. The quantitative estimate of drug-likeness (QED) is 0.484. The van der Waals surface area contributed by atoms with Crippen LogP contribution in [0.2, 0.25) is 5.02 Å². The van der Waals surface area contributed by atoms with Gasteiger partial charge in [-0.2, -0.15) is 0 Å². The first-order valence-corrected chi connectivity index (χ1v) is 12.5. The summed E-state index contributed by atoms with van der Waals surface area (Å²) >= 11 is 7.70. The highest BCUT2D eigenvalue weighted by Crippen LogP contribution is 2.34. The molecule has 174 valence electrons. The van der Waals surface area contributed by atoms with E-state index in [-0.39, 0.29) is 30.3 Å². The minimum absolute atomic E-state index is 0.0238. The molecule has 1 aliphatic heterocycles. The van der Waals surface area contributed by atoms with E-state index in [0.29, 0.717) is 37.1 Å². The lowest BCUT2D eigenvalue weighted by Crippen LogP contribution is -2.48. The number of carbonyl (C=O) groups is 2. The van der Waals surface area contributed by atoms with Gasteiger partial charge in [0.1, 0.15) is 12.4 Å². The standard InChI is InChI=1S/C25H33ClN2O3S/c1-17(2)13-24(29)27(14-18(3)4)15-25(30)28-11-9-23-21(10-12-32-23)22(28)16-31-20-7-5-19(26)6-8-20/h5-8,10,12,17-18,22H,9,11,13-16H2,1-4H3/t22-/m1/s1. The number of hydrogen-bond donors (Lipinski definition) is 0. The summed E-state index contributed by atoms with van der Waals surface area (Å²) in [7, 11) is 0. The van der Waals surface area contributed by atoms with Gasteiger partial charge in [0, 0.05) is 29.4 Å². The second-order valence-corrected chi connectivity index (χ2v) is 10.6. The van der Waals surface area contributed by atoms with E-state index in [1.807, 2.05) is 30.9 Å². The fraction of sp³-hybridized carbons (Fsp3) is 0.520. The Morgan fingerprint density at radius 1 is 1.16 bits per heavy atom. The third kappa shape index (κ3) is 6.48. The fourth-order valence-electron chi connectivity index (χ4n) is 4.01. The highest BCUT2D eigenvalue weighted by atomic mass is 35.5. The third-order valence-corrected chi connectivity index (χ3v) is 6.73. The molecular formula is C25H33ClN2O3S. The molecule has 0 saturated heterocycles. The first kappa shape index (κ1) is 24.6.